The van der Waals surface area contributed by atoms with Crippen LogP contribution in [0.3, 0.4) is 0 Å². The summed E-state index contributed by atoms with van der Waals surface area (Å²) in [4.78, 5) is 29.4. The predicted molar refractivity (Wildman–Crippen MR) is 185 cm³/mol. The lowest BCUT2D eigenvalue weighted by Gasteiger charge is -2.58. The Morgan fingerprint density at radius 2 is 1.41 bits per heavy atom. The number of carbonyl (C=O) groups is 2. The van der Waals surface area contributed by atoms with Crippen LogP contribution in [-0.4, -0.2) is 89.6 Å². The number of rotatable bonds is 12. The molecule has 252 valence electrons. The summed E-state index contributed by atoms with van der Waals surface area (Å²) >= 11 is 0. The number of likely N-dealkylation sites (tertiary alicyclic amines) is 2. The van der Waals surface area contributed by atoms with Crippen molar-refractivity contribution in [2.75, 3.05) is 33.8 Å². The summed E-state index contributed by atoms with van der Waals surface area (Å²) in [6.07, 6.45) is 9.39. The summed E-state index contributed by atoms with van der Waals surface area (Å²) in [5.41, 5.74) is 1.97. The number of ether oxygens (including phenoxy) is 1. The first kappa shape index (κ1) is 38.4. The molecule has 2 fully saturated rings. The van der Waals surface area contributed by atoms with Crippen LogP contribution in [0.5, 0.6) is 0 Å². The van der Waals surface area contributed by atoms with Gasteiger partial charge >= 0.3 is 0 Å². The molecule has 2 atom stereocenters. The van der Waals surface area contributed by atoms with Crippen molar-refractivity contribution >= 4 is 11.7 Å². The van der Waals surface area contributed by atoms with Crippen molar-refractivity contribution in [2.45, 2.75) is 155 Å². The van der Waals surface area contributed by atoms with Crippen LogP contribution in [0.4, 0.5) is 0 Å². The van der Waals surface area contributed by atoms with Gasteiger partial charge in [-0.1, -0.05) is 32.9 Å². The predicted octanol–water partition coefficient (Wildman–Crippen LogP) is 7.09. The van der Waals surface area contributed by atoms with Crippen molar-refractivity contribution in [1.29, 1.82) is 0 Å². The Hall–Kier alpha value is -1.80. The van der Waals surface area contributed by atoms with Gasteiger partial charge in [0.2, 0.25) is 0 Å². The molecule has 2 N–H and O–H groups in total. The number of carbonyl (C=O) groups excluding carboxylic acids is 2. The summed E-state index contributed by atoms with van der Waals surface area (Å²) in [7, 11) is 3.91. The standard InChI is InChI=1S/C24H39N3O2.C13H27NO/c1-7-23(4)16-21(25-6)17-24(5,8-2)27(23)14-10-13-26-22(29)20-12-9-11-19(15-20)18(3)28;1-7-8-14-12(2,3)9-11(15-6)10-13(14,4)5/h9,11-12,15,21,25H,7-8,10,13-14,16-17H2,1-6H3,(H,26,29);11H,7-10H2,1-6H3. The van der Waals surface area contributed by atoms with Gasteiger partial charge in [-0.25, -0.2) is 0 Å². The molecule has 0 radical (unpaired) electrons. The molecule has 2 unspecified atom stereocenters. The van der Waals surface area contributed by atoms with E-state index in [4.69, 9.17) is 4.74 Å². The minimum absolute atomic E-state index is 0.0256. The van der Waals surface area contributed by atoms with Crippen LogP contribution in [0.2, 0.25) is 0 Å². The highest BCUT2D eigenvalue weighted by atomic mass is 16.5. The average Bonchev–Trinajstić information content (AvgIpc) is 2.97. The number of amides is 1. The minimum Gasteiger partial charge on any atom is -0.381 e. The first-order valence-corrected chi connectivity index (χ1v) is 17.2. The fourth-order valence-electron chi connectivity index (χ4n) is 8.06. The number of ketones is 1. The van der Waals surface area contributed by atoms with Crippen molar-refractivity contribution in [2.24, 2.45) is 0 Å². The third kappa shape index (κ3) is 9.60. The van der Waals surface area contributed by atoms with Gasteiger partial charge in [0.1, 0.15) is 0 Å². The Labute approximate surface area is 270 Å². The van der Waals surface area contributed by atoms with Gasteiger partial charge in [0.15, 0.2) is 5.78 Å². The molecule has 0 aromatic heterocycles. The van der Waals surface area contributed by atoms with E-state index in [2.05, 4.69) is 89.8 Å². The molecule has 1 amide bonds. The van der Waals surface area contributed by atoms with Crippen molar-refractivity contribution in [1.82, 2.24) is 20.4 Å². The van der Waals surface area contributed by atoms with Gasteiger partial charge in [0.05, 0.1) is 6.10 Å². The van der Waals surface area contributed by atoms with E-state index < -0.39 is 0 Å². The number of hydrogen-bond donors (Lipinski definition) is 2. The lowest BCUT2D eigenvalue weighted by atomic mass is 9.73. The van der Waals surface area contributed by atoms with Crippen molar-refractivity contribution < 1.29 is 14.3 Å². The Bertz CT molecular complexity index is 1030. The monoisotopic (exact) mass is 615 g/mol. The number of hydrogen-bond acceptors (Lipinski definition) is 6. The van der Waals surface area contributed by atoms with E-state index in [1.54, 1.807) is 24.3 Å². The maximum atomic E-state index is 12.5. The second-order valence-electron chi connectivity index (χ2n) is 15.0. The molecule has 3 rings (SSSR count). The highest BCUT2D eigenvalue weighted by Gasteiger charge is 2.47. The molecule has 0 saturated carbocycles. The molecule has 0 bridgehead atoms. The van der Waals surface area contributed by atoms with Crippen LogP contribution in [-0.2, 0) is 4.74 Å². The fourth-order valence-corrected chi connectivity index (χ4v) is 8.06. The molecule has 7 heteroatoms. The second kappa shape index (κ2) is 16.2. The van der Waals surface area contributed by atoms with E-state index in [0.29, 0.717) is 29.8 Å². The van der Waals surface area contributed by atoms with Gasteiger partial charge in [-0.3, -0.25) is 19.4 Å². The highest BCUT2D eigenvalue weighted by molar-refractivity contribution is 5.99. The summed E-state index contributed by atoms with van der Waals surface area (Å²) in [6.45, 7) is 25.3. The topological polar surface area (TPSA) is 73.9 Å². The molecule has 0 spiro atoms. The van der Waals surface area contributed by atoms with Crippen LogP contribution in [0.1, 0.15) is 141 Å². The first-order chi connectivity index (χ1) is 20.5. The largest absolute Gasteiger partial charge is 0.381 e. The van der Waals surface area contributed by atoms with Crippen LogP contribution in [0, 0.1) is 0 Å². The average molecular weight is 615 g/mol. The Balaban J connectivity index is 0.000000378. The molecular formula is C37H66N4O3. The zero-order chi connectivity index (χ0) is 33.3. The van der Waals surface area contributed by atoms with E-state index in [1.807, 2.05) is 7.11 Å². The molecule has 0 aliphatic carbocycles. The maximum absolute atomic E-state index is 12.5. The molecule has 44 heavy (non-hydrogen) atoms. The minimum atomic E-state index is -0.113. The summed E-state index contributed by atoms with van der Waals surface area (Å²) < 4.78 is 5.56. The van der Waals surface area contributed by atoms with Gasteiger partial charge in [-0.05, 0) is 126 Å². The third-order valence-electron chi connectivity index (χ3n) is 10.7. The number of nitrogens with one attached hydrogen (secondary N) is 2. The van der Waals surface area contributed by atoms with Crippen LogP contribution in [0.15, 0.2) is 24.3 Å². The van der Waals surface area contributed by atoms with E-state index in [1.165, 1.54) is 19.9 Å². The lowest BCUT2D eigenvalue weighted by molar-refractivity contribution is -0.0923. The number of methoxy groups -OCH3 is 1. The first-order valence-electron chi connectivity index (χ1n) is 17.2. The van der Waals surface area contributed by atoms with Gasteiger partial charge < -0.3 is 15.4 Å². The molecule has 2 aliphatic heterocycles. The van der Waals surface area contributed by atoms with Crippen molar-refractivity contribution in [3.63, 3.8) is 0 Å². The molecule has 2 saturated heterocycles. The Morgan fingerprint density at radius 3 is 1.86 bits per heavy atom. The van der Waals surface area contributed by atoms with Gasteiger partial charge in [-0.2, -0.15) is 0 Å². The maximum Gasteiger partial charge on any atom is 0.251 e. The highest BCUT2D eigenvalue weighted by Crippen LogP contribution is 2.42. The number of piperidine rings is 2. The van der Waals surface area contributed by atoms with E-state index in [9.17, 15) is 9.59 Å². The normalized spacial score (nSPS) is 27.3. The van der Waals surface area contributed by atoms with E-state index in [-0.39, 0.29) is 33.8 Å². The molecule has 2 aliphatic rings. The zero-order valence-corrected chi connectivity index (χ0v) is 30.4. The van der Waals surface area contributed by atoms with Crippen LogP contribution in [0.25, 0.3) is 0 Å². The third-order valence-corrected chi connectivity index (χ3v) is 10.7. The van der Waals surface area contributed by atoms with Crippen molar-refractivity contribution in [3.05, 3.63) is 35.4 Å². The zero-order valence-electron chi connectivity index (χ0n) is 30.4. The van der Waals surface area contributed by atoms with Crippen molar-refractivity contribution in [3.8, 4) is 0 Å². The number of benzene rings is 1. The fraction of sp³-hybridized carbons (Fsp3) is 0.784. The van der Waals surface area contributed by atoms with E-state index >= 15 is 0 Å². The van der Waals surface area contributed by atoms with Gasteiger partial charge in [0, 0.05) is 59.5 Å². The van der Waals surface area contributed by atoms with Crippen LogP contribution < -0.4 is 10.6 Å². The molecule has 1 aromatic carbocycles. The SMILES string of the molecule is CCC1(C)CC(NC)CC(C)(CC)N1CCCNC(=O)c1cccc(C(C)=O)c1.CCCN1C(C)(C)CC(OC)CC1(C)C. The smallest absolute Gasteiger partial charge is 0.251 e. The molecule has 2 heterocycles. The number of nitrogens with zero attached hydrogens (tertiary/aromatic N) is 2. The summed E-state index contributed by atoms with van der Waals surface area (Å²) in [5.74, 6) is -0.138. The van der Waals surface area contributed by atoms with Gasteiger partial charge in [0.25, 0.3) is 5.91 Å². The number of Topliss-reactive ketones (excluding diaryl/α,β-unsaturated/α-hetero) is 1. The molecule has 7 nitrogen and oxygen atoms in total. The quantitative estimate of drug-likeness (QED) is 0.193. The molecular weight excluding hydrogens is 548 g/mol. The molecule has 1 aromatic rings. The van der Waals surface area contributed by atoms with Crippen LogP contribution >= 0.6 is 0 Å². The van der Waals surface area contributed by atoms with E-state index in [0.717, 1.165) is 51.5 Å². The Kier molecular flexibility index (Phi) is 14.1. The Morgan fingerprint density at radius 1 is 0.864 bits per heavy atom. The second-order valence-corrected chi connectivity index (χ2v) is 15.0. The lowest BCUT2D eigenvalue weighted by Crippen LogP contribution is -2.65. The van der Waals surface area contributed by atoms with Gasteiger partial charge in [-0.15, -0.1) is 0 Å². The summed E-state index contributed by atoms with van der Waals surface area (Å²) in [6, 6.07) is 7.48. The summed E-state index contributed by atoms with van der Waals surface area (Å²) in [5, 5.41) is 6.53.